The van der Waals surface area contributed by atoms with E-state index >= 15 is 0 Å². The maximum atomic E-state index is 14.3. The van der Waals surface area contributed by atoms with Gasteiger partial charge in [0.05, 0.1) is 10.6 Å². The van der Waals surface area contributed by atoms with Crippen molar-refractivity contribution in [3.8, 4) is 11.3 Å². The van der Waals surface area contributed by atoms with Crippen LogP contribution in [0, 0.1) is 12.7 Å². The van der Waals surface area contributed by atoms with Crippen molar-refractivity contribution in [3.05, 3.63) is 64.6 Å². The highest BCUT2D eigenvalue weighted by Crippen LogP contribution is 2.33. The lowest BCUT2D eigenvalue weighted by Gasteiger charge is -2.17. The molecule has 2 aromatic carbocycles. The van der Waals surface area contributed by atoms with Crippen LogP contribution in [0.5, 0.6) is 0 Å². The van der Waals surface area contributed by atoms with E-state index in [0.717, 1.165) is 12.2 Å². The number of carbonyl (C=O) groups excluding carboxylic acids is 1. The Bertz CT molecular complexity index is 967. The topological polar surface area (TPSA) is 58.4 Å². The number of halogens is 2. The summed E-state index contributed by atoms with van der Waals surface area (Å²) in [5.41, 5.74) is 1.85. The molecule has 140 valence electrons. The fourth-order valence-corrected chi connectivity index (χ4v) is 2.98. The molecule has 0 aliphatic heterocycles. The Labute approximate surface area is 161 Å². The number of rotatable bonds is 5. The number of carbonyl (C=O) groups is 1. The number of aromatic nitrogens is 1. The van der Waals surface area contributed by atoms with E-state index in [-0.39, 0.29) is 27.6 Å². The van der Waals surface area contributed by atoms with Crippen LogP contribution >= 0.6 is 11.6 Å². The Balaban J connectivity index is 1.96. The molecule has 0 spiro atoms. The summed E-state index contributed by atoms with van der Waals surface area (Å²) in [6.45, 7) is 4.47. The Hall–Kier alpha value is -2.86. The molecule has 0 radical (unpaired) electrons. The molecule has 1 heterocycles. The Kier molecular flexibility index (Phi) is 5.46. The van der Waals surface area contributed by atoms with Crippen LogP contribution in [0.2, 0.25) is 5.02 Å². The average Bonchev–Trinajstić information content (AvgIpc) is 3.02. The summed E-state index contributed by atoms with van der Waals surface area (Å²) in [5, 5.41) is 6.84. The van der Waals surface area contributed by atoms with Gasteiger partial charge in [-0.05, 0) is 44.2 Å². The highest BCUT2D eigenvalue weighted by atomic mass is 35.5. The molecule has 0 fully saturated rings. The van der Waals surface area contributed by atoms with E-state index in [1.54, 1.807) is 13.0 Å². The standard InChI is InChI=1S/C20H19ClFN3O2/c1-4-25(3)14-8-5-7-13(11-14)23-20(26)17-12(2)27-24-19(17)18-15(21)9-6-10-16(18)22/h5-11H,4H2,1-3H3,(H,23,26). The van der Waals surface area contributed by atoms with Crippen LogP contribution in [0.15, 0.2) is 47.0 Å². The van der Waals surface area contributed by atoms with Crippen LogP contribution in [0.3, 0.4) is 0 Å². The van der Waals surface area contributed by atoms with Gasteiger partial charge in [0.2, 0.25) is 0 Å². The molecule has 3 aromatic rings. The van der Waals surface area contributed by atoms with Crippen molar-refractivity contribution < 1.29 is 13.7 Å². The Morgan fingerprint density at radius 1 is 1.30 bits per heavy atom. The number of benzene rings is 2. The van der Waals surface area contributed by atoms with Crippen LogP contribution in [0.25, 0.3) is 11.3 Å². The minimum atomic E-state index is -0.573. The fraction of sp³-hybridized carbons (Fsp3) is 0.200. The third-order valence-electron chi connectivity index (χ3n) is 4.31. The zero-order valence-electron chi connectivity index (χ0n) is 15.2. The summed E-state index contributed by atoms with van der Waals surface area (Å²) >= 11 is 6.12. The normalized spacial score (nSPS) is 10.7. The Morgan fingerprint density at radius 2 is 2.04 bits per heavy atom. The summed E-state index contributed by atoms with van der Waals surface area (Å²) in [6, 6.07) is 11.7. The van der Waals surface area contributed by atoms with E-state index in [9.17, 15) is 9.18 Å². The number of hydrogen-bond acceptors (Lipinski definition) is 4. The second kappa shape index (κ2) is 7.80. The maximum Gasteiger partial charge on any atom is 0.261 e. The molecule has 1 aromatic heterocycles. The molecular formula is C20H19ClFN3O2. The summed E-state index contributed by atoms with van der Waals surface area (Å²) in [7, 11) is 1.96. The lowest BCUT2D eigenvalue weighted by molar-refractivity contribution is 0.102. The monoisotopic (exact) mass is 387 g/mol. The summed E-state index contributed by atoms with van der Waals surface area (Å²) < 4.78 is 19.4. The maximum absolute atomic E-state index is 14.3. The van der Waals surface area contributed by atoms with Crippen molar-refractivity contribution in [2.75, 3.05) is 23.8 Å². The largest absolute Gasteiger partial charge is 0.375 e. The van der Waals surface area contributed by atoms with Crippen LogP contribution in [0.1, 0.15) is 23.0 Å². The molecule has 1 N–H and O–H groups in total. The number of hydrogen-bond donors (Lipinski definition) is 1. The first kappa shape index (κ1) is 18.9. The smallest absolute Gasteiger partial charge is 0.261 e. The molecule has 0 bridgehead atoms. The number of nitrogens with zero attached hydrogens (tertiary/aromatic N) is 2. The predicted octanol–water partition coefficient (Wildman–Crippen LogP) is 5.15. The molecule has 27 heavy (non-hydrogen) atoms. The van der Waals surface area contributed by atoms with E-state index in [0.29, 0.717) is 5.69 Å². The van der Waals surface area contributed by atoms with Gasteiger partial charge in [-0.15, -0.1) is 0 Å². The van der Waals surface area contributed by atoms with E-state index in [2.05, 4.69) is 10.5 Å². The molecule has 7 heteroatoms. The van der Waals surface area contributed by atoms with Gasteiger partial charge in [0.1, 0.15) is 22.8 Å². The van der Waals surface area contributed by atoms with Crippen LogP contribution < -0.4 is 10.2 Å². The number of nitrogens with one attached hydrogen (secondary N) is 1. The molecule has 0 unspecified atom stereocenters. The fourth-order valence-electron chi connectivity index (χ4n) is 2.73. The van der Waals surface area contributed by atoms with E-state index < -0.39 is 11.7 Å². The lowest BCUT2D eigenvalue weighted by atomic mass is 10.0. The first-order valence-electron chi connectivity index (χ1n) is 8.45. The highest BCUT2D eigenvalue weighted by molar-refractivity contribution is 6.33. The second-order valence-corrected chi connectivity index (χ2v) is 6.48. The molecule has 3 rings (SSSR count). The van der Waals surface area contributed by atoms with Crippen molar-refractivity contribution in [1.82, 2.24) is 5.16 Å². The van der Waals surface area contributed by atoms with E-state index in [1.807, 2.05) is 37.1 Å². The molecule has 0 saturated heterocycles. The van der Waals surface area contributed by atoms with Gasteiger partial charge in [-0.2, -0.15) is 0 Å². The quantitative estimate of drug-likeness (QED) is 0.657. The highest BCUT2D eigenvalue weighted by Gasteiger charge is 2.25. The van der Waals surface area contributed by atoms with Gasteiger partial charge < -0.3 is 14.7 Å². The third kappa shape index (κ3) is 3.80. The molecule has 0 aliphatic rings. The minimum absolute atomic E-state index is 0.0423. The third-order valence-corrected chi connectivity index (χ3v) is 4.62. The van der Waals surface area contributed by atoms with Gasteiger partial charge in [0.15, 0.2) is 0 Å². The summed E-state index contributed by atoms with van der Waals surface area (Å²) in [6.07, 6.45) is 0. The van der Waals surface area contributed by atoms with Crippen molar-refractivity contribution in [2.24, 2.45) is 0 Å². The molecule has 5 nitrogen and oxygen atoms in total. The first-order chi connectivity index (χ1) is 12.9. The van der Waals surface area contributed by atoms with Gasteiger partial charge in [0.25, 0.3) is 5.91 Å². The first-order valence-corrected chi connectivity index (χ1v) is 8.83. The lowest BCUT2D eigenvalue weighted by Crippen LogP contribution is -2.17. The summed E-state index contributed by atoms with van der Waals surface area (Å²) in [4.78, 5) is 14.9. The number of anilines is 2. The molecular weight excluding hydrogens is 369 g/mol. The van der Waals surface area contributed by atoms with Gasteiger partial charge in [-0.25, -0.2) is 4.39 Å². The van der Waals surface area contributed by atoms with Crippen molar-refractivity contribution in [3.63, 3.8) is 0 Å². The molecule has 0 aliphatic carbocycles. The minimum Gasteiger partial charge on any atom is -0.375 e. The average molecular weight is 388 g/mol. The Morgan fingerprint density at radius 3 is 2.74 bits per heavy atom. The van der Waals surface area contributed by atoms with Crippen molar-refractivity contribution in [1.29, 1.82) is 0 Å². The van der Waals surface area contributed by atoms with Crippen molar-refractivity contribution in [2.45, 2.75) is 13.8 Å². The number of amides is 1. The SMILES string of the molecule is CCN(C)c1cccc(NC(=O)c2c(-c3c(F)cccc3Cl)noc2C)c1. The predicted molar refractivity (Wildman–Crippen MR) is 105 cm³/mol. The second-order valence-electron chi connectivity index (χ2n) is 6.08. The van der Waals surface area contributed by atoms with Crippen LogP contribution in [-0.4, -0.2) is 24.7 Å². The van der Waals surface area contributed by atoms with Gasteiger partial charge in [0, 0.05) is 25.0 Å². The van der Waals surface area contributed by atoms with Crippen LogP contribution in [0.4, 0.5) is 15.8 Å². The molecule has 0 saturated carbocycles. The van der Waals surface area contributed by atoms with E-state index in [1.165, 1.54) is 18.2 Å². The van der Waals surface area contributed by atoms with E-state index in [4.69, 9.17) is 16.1 Å². The number of aryl methyl sites for hydroxylation is 1. The van der Waals surface area contributed by atoms with Gasteiger partial charge >= 0.3 is 0 Å². The zero-order chi connectivity index (χ0) is 19.6. The van der Waals surface area contributed by atoms with Gasteiger partial charge in [-0.3, -0.25) is 4.79 Å². The summed E-state index contributed by atoms with van der Waals surface area (Å²) in [5.74, 6) is -0.737. The van der Waals surface area contributed by atoms with Crippen LogP contribution in [-0.2, 0) is 0 Å². The van der Waals surface area contributed by atoms with Crippen molar-refractivity contribution >= 4 is 28.9 Å². The molecule has 1 amide bonds. The van der Waals surface area contributed by atoms with Gasteiger partial charge in [-0.1, -0.05) is 28.9 Å². The zero-order valence-corrected chi connectivity index (χ0v) is 16.0. The molecule has 0 atom stereocenters.